The van der Waals surface area contributed by atoms with E-state index in [2.05, 4.69) is 62.4 Å². The maximum Gasteiger partial charge on any atom is 0.0724 e. The molecule has 1 N–H and O–H groups in total. The summed E-state index contributed by atoms with van der Waals surface area (Å²) in [6.45, 7) is 2.93. The molecule has 0 aliphatic heterocycles. The topological polar surface area (TPSA) is 37.8 Å². The summed E-state index contributed by atoms with van der Waals surface area (Å²) in [7, 11) is 0. The number of nitrogens with one attached hydrogen (secondary N) is 1. The van der Waals surface area contributed by atoms with E-state index in [0.29, 0.717) is 6.04 Å². The molecular formula is C14H16BrN3. The predicted molar refractivity (Wildman–Crippen MR) is 76.2 cm³/mol. The molecule has 0 bridgehead atoms. The Balaban J connectivity index is 1.82. The van der Waals surface area contributed by atoms with Gasteiger partial charge in [-0.25, -0.2) is 0 Å². The molecule has 0 fully saturated rings. The van der Waals surface area contributed by atoms with Crippen molar-refractivity contribution in [1.82, 2.24) is 15.3 Å². The van der Waals surface area contributed by atoms with Crippen LogP contribution in [0.15, 0.2) is 47.3 Å². The van der Waals surface area contributed by atoms with Crippen molar-refractivity contribution in [3.05, 3.63) is 58.6 Å². The first-order chi connectivity index (χ1) is 8.74. The lowest BCUT2D eigenvalue weighted by atomic mass is 10.1. The Labute approximate surface area is 116 Å². The molecule has 0 radical (unpaired) electrons. The van der Waals surface area contributed by atoms with E-state index in [0.717, 1.165) is 23.1 Å². The van der Waals surface area contributed by atoms with Gasteiger partial charge in [0.1, 0.15) is 0 Å². The predicted octanol–water partition coefficient (Wildman–Crippen LogP) is 2.96. The highest BCUT2D eigenvalue weighted by atomic mass is 79.9. The Morgan fingerprint density at radius 2 is 2.00 bits per heavy atom. The van der Waals surface area contributed by atoms with Crippen molar-refractivity contribution in [2.45, 2.75) is 25.9 Å². The van der Waals surface area contributed by atoms with Crippen LogP contribution in [0, 0.1) is 0 Å². The molecule has 0 aliphatic rings. The van der Waals surface area contributed by atoms with Crippen molar-refractivity contribution in [1.29, 1.82) is 0 Å². The van der Waals surface area contributed by atoms with Gasteiger partial charge in [-0.3, -0.25) is 9.97 Å². The van der Waals surface area contributed by atoms with E-state index in [-0.39, 0.29) is 0 Å². The summed E-state index contributed by atoms with van der Waals surface area (Å²) in [5, 5.41) is 3.45. The standard InChI is InChI=1S/C14H16BrN3/c1-11(8-12-2-4-13(15)5-3-12)18-10-14-9-16-6-7-17-14/h2-7,9,11,18H,8,10H2,1H3. The smallest absolute Gasteiger partial charge is 0.0724 e. The average Bonchev–Trinajstić information content (AvgIpc) is 2.40. The van der Waals surface area contributed by atoms with Crippen molar-refractivity contribution in [3.63, 3.8) is 0 Å². The minimum absolute atomic E-state index is 0.410. The molecule has 18 heavy (non-hydrogen) atoms. The molecule has 2 aromatic rings. The van der Waals surface area contributed by atoms with Crippen LogP contribution in [0.5, 0.6) is 0 Å². The van der Waals surface area contributed by atoms with Crippen LogP contribution >= 0.6 is 15.9 Å². The molecule has 4 heteroatoms. The summed E-state index contributed by atoms with van der Waals surface area (Å²) in [5.74, 6) is 0. The third-order valence-corrected chi connectivity index (χ3v) is 3.23. The summed E-state index contributed by atoms with van der Waals surface area (Å²) in [5.41, 5.74) is 2.30. The Bertz CT molecular complexity index is 470. The fraction of sp³-hybridized carbons (Fsp3) is 0.286. The molecule has 3 nitrogen and oxygen atoms in total. The van der Waals surface area contributed by atoms with Gasteiger partial charge in [0.25, 0.3) is 0 Å². The molecule has 2 rings (SSSR count). The largest absolute Gasteiger partial charge is 0.308 e. The van der Waals surface area contributed by atoms with Gasteiger partial charge in [0.2, 0.25) is 0 Å². The Kier molecular flexibility index (Phi) is 4.84. The number of hydrogen-bond donors (Lipinski definition) is 1. The van der Waals surface area contributed by atoms with Gasteiger partial charge in [-0.1, -0.05) is 28.1 Å². The molecule has 1 unspecified atom stereocenters. The Morgan fingerprint density at radius 1 is 1.22 bits per heavy atom. The normalized spacial score (nSPS) is 12.3. The molecule has 0 saturated carbocycles. The molecule has 1 aromatic heterocycles. The van der Waals surface area contributed by atoms with Crippen LogP contribution in [0.25, 0.3) is 0 Å². The average molecular weight is 306 g/mol. The van der Waals surface area contributed by atoms with Gasteiger partial charge in [-0.15, -0.1) is 0 Å². The molecule has 0 saturated heterocycles. The number of halogens is 1. The lowest BCUT2D eigenvalue weighted by molar-refractivity contribution is 0.539. The van der Waals surface area contributed by atoms with Crippen LogP contribution in [0.4, 0.5) is 0 Å². The molecule has 1 heterocycles. The van der Waals surface area contributed by atoms with Crippen molar-refractivity contribution >= 4 is 15.9 Å². The van der Waals surface area contributed by atoms with E-state index in [1.165, 1.54) is 5.56 Å². The third kappa shape index (κ3) is 4.20. The highest BCUT2D eigenvalue weighted by molar-refractivity contribution is 9.10. The minimum Gasteiger partial charge on any atom is -0.308 e. The van der Waals surface area contributed by atoms with Crippen LogP contribution in [0.2, 0.25) is 0 Å². The second-order valence-corrected chi connectivity index (χ2v) is 5.22. The highest BCUT2D eigenvalue weighted by Crippen LogP contribution is 2.11. The van der Waals surface area contributed by atoms with Crippen LogP contribution in [0.1, 0.15) is 18.2 Å². The summed E-state index contributed by atoms with van der Waals surface area (Å²) < 4.78 is 1.12. The monoisotopic (exact) mass is 305 g/mol. The van der Waals surface area contributed by atoms with E-state index >= 15 is 0 Å². The number of aromatic nitrogens is 2. The van der Waals surface area contributed by atoms with Crippen LogP contribution in [-0.4, -0.2) is 16.0 Å². The van der Waals surface area contributed by atoms with Crippen molar-refractivity contribution in [2.24, 2.45) is 0 Å². The Morgan fingerprint density at radius 3 is 2.67 bits per heavy atom. The summed E-state index contributed by atoms with van der Waals surface area (Å²) in [6.07, 6.45) is 6.21. The first-order valence-electron chi connectivity index (χ1n) is 5.97. The van der Waals surface area contributed by atoms with Gasteiger partial charge >= 0.3 is 0 Å². The SMILES string of the molecule is CC(Cc1ccc(Br)cc1)NCc1cnccn1. The van der Waals surface area contributed by atoms with E-state index in [9.17, 15) is 0 Å². The molecule has 1 aromatic carbocycles. The summed E-state index contributed by atoms with van der Waals surface area (Å²) >= 11 is 3.44. The number of benzene rings is 1. The zero-order valence-corrected chi connectivity index (χ0v) is 11.9. The van der Waals surface area contributed by atoms with Gasteiger partial charge in [-0.05, 0) is 31.0 Å². The molecule has 0 aliphatic carbocycles. The number of nitrogens with zero attached hydrogens (tertiary/aromatic N) is 2. The summed E-state index contributed by atoms with van der Waals surface area (Å²) in [4.78, 5) is 8.29. The first kappa shape index (κ1) is 13.2. The van der Waals surface area contributed by atoms with Crippen molar-refractivity contribution in [3.8, 4) is 0 Å². The fourth-order valence-electron chi connectivity index (χ4n) is 1.75. The van der Waals surface area contributed by atoms with Crippen molar-refractivity contribution < 1.29 is 0 Å². The lowest BCUT2D eigenvalue weighted by Crippen LogP contribution is -2.27. The molecule has 0 spiro atoms. The highest BCUT2D eigenvalue weighted by Gasteiger charge is 2.03. The van der Waals surface area contributed by atoms with Gasteiger partial charge in [0.05, 0.1) is 5.69 Å². The van der Waals surface area contributed by atoms with Gasteiger partial charge in [0.15, 0.2) is 0 Å². The minimum atomic E-state index is 0.410. The van der Waals surface area contributed by atoms with E-state index in [1.54, 1.807) is 18.6 Å². The first-order valence-corrected chi connectivity index (χ1v) is 6.76. The maximum atomic E-state index is 4.24. The second kappa shape index (κ2) is 6.61. The van der Waals surface area contributed by atoms with Crippen LogP contribution in [-0.2, 0) is 13.0 Å². The fourth-order valence-corrected chi connectivity index (χ4v) is 2.01. The van der Waals surface area contributed by atoms with E-state index in [1.807, 2.05) is 0 Å². The second-order valence-electron chi connectivity index (χ2n) is 4.31. The quantitative estimate of drug-likeness (QED) is 0.923. The molecule has 1 atom stereocenters. The molecular weight excluding hydrogens is 290 g/mol. The summed E-state index contributed by atoms with van der Waals surface area (Å²) in [6, 6.07) is 8.85. The molecule has 94 valence electrons. The number of rotatable bonds is 5. The zero-order valence-electron chi connectivity index (χ0n) is 10.3. The lowest BCUT2D eigenvalue weighted by Gasteiger charge is -2.13. The third-order valence-electron chi connectivity index (χ3n) is 2.70. The van der Waals surface area contributed by atoms with Gasteiger partial charge in [-0.2, -0.15) is 0 Å². The maximum absolute atomic E-state index is 4.24. The molecule has 0 amide bonds. The van der Waals surface area contributed by atoms with Gasteiger partial charge in [0, 0.05) is 35.6 Å². The Hall–Kier alpha value is -1.26. The van der Waals surface area contributed by atoms with E-state index < -0.39 is 0 Å². The van der Waals surface area contributed by atoms with Crippen LogP contribution in [0.3, 0.4) is 0 Å². The van der Waals surface area contributed by atoms with Crippen molar-refractivity contribution in [2.75, 3.05) is 0 Å². The number of hydrogen-bond acceptors (Lipinski definition) is 3. The zero-order chi connectivity index (χ0) is 12.8. The van der Waals surface area contributed by atoms with Crippen LogP contribution < -0.4 is 5.32 Å². The van der Waals surface area contributed by atoms with E-state index in [4.69, 9.17) is 0 Å². The van der Waals surface area contributed by atoms with Gasteiger partial charge < -0.3 is 5.32 Å².